The zero-order valence-electron chi connectivity index (χ0n) is 12.3. The van der Waals surface area contributed by atoms with Crippen LogP contribution in [0.3, 0.4) is 0 Å². The topological polar surface area (TPSA) is 92.5 Å². The second kappa shape index (κ2) is 6.97. The van der Waals surface area contributed by atoms with Gasteiger partial charge in [0.2, 0.25) is 0 Å². The summed E-state index contributed by atoms with van der Waals surface area (Å²) in [5.41, 5.74) is 0.389. The van der Waals surface area contributed by atoms with Crippen LogP contribution in [-0.2, 0) is 0 Å². The molecule has 0 radical (unpaired) electrons. The van der Waals surface area contributed by atoms with Gasteiger partial charge in [-0.15, -0.1) is 0 Å². The highest BCUT2D eigenvalue weighted by molar-refractivity contribution is 5.95. The average molecular weight is 318 g/mol. The fraction of sp³-hybridized carbons (Fsp3) is 0.188. The molecule has 0 saturated carbocycles. The Morgan fingerprint density at radius 1 is 1.26 bits per heavy atom. The molecular formula is C16H15FN2O4. The van der Waals surface area contributed by atoms with Gasteiger partial charge in [-0.1, -0.05) is 18.2 Å². The minimum absolute atomic E-state index is 0.123. The molecule has 1 amide bonds. The Labute approximate surface area is 131 Å². The maximum Gasteiger partial charge on any atom is 0.270 e. The van der Waals surface area contributed by atoms with Gasteiger partial charge >= 0.3 is 0 Å². The van der Waals surface area contributed by atoms with Crippen molar-refractivity contribution < 1.29 is 19.2 Å². The molecule has 0 spiro atoms. The summed E-state index contributed by atoms with van der Waals surface area (Å²) in [5, 5.41) is 23.5. The number of hydrogen-bond donors (Lipinski definition) is 2. The highest BCUT2D eigenvalue weighted by atomic mass is 19.1. The van der Waals surface area contributed by atoms with Gasteiger partial charge < -0.3 is 10.4 Å². The first-order valence-electron chi connectivity index (χ1n) is 6.87. The number of aliphatic hydroxyl groups is 1. The van der Waals surface area contributed by atoms with Crippen LogP contribution in [0, 0.1) is 15.9 Å². The smallest absolute Gasteiger partial charge is 0.270 e. The number of nitro groups is 1. The van der Waals surface area contributed by atoms with Crippen LogP contribution in [0.4, 0.5) is 10.1 Å². The molecule has 0 aromatic heterocycles. The van der Waals surface area contributed by atoms with E-state index in [0.29, 0.717) is 5.56 Å². The number of non-ortho nitro benzene ring substituents is 1. The number of nitro benzene ring substituents is 1. The summed E-state index contributed by atoms with van der Waals surface area (Å²) in [6.45, 7) is 1.59. The second-order valence-corrected chi connectivity index (χ2v) is 5.07. The number of carbonyl (C=O) groups excluding carboxylic acids is 1. The summed E-state index contributed by atoms with van der Waals surface area (Å²) in [5.74, 6) is -0.961. The maximum atomic E-state index is 12.9. The lowest BCUT2D eigenvalue weighted by atomic mass is 10.0. The van der Waals surface area contributed by atoms with Crippen molar-refractivity contribution >= 4 is 11.6 Å². The molecule has 120 valence electrons. The van der Waals surface area contributed by atoms with Crippen molar-refractivity contribution in [2.75, 3.05) is 0 Å². The molecule has 0 aliphatic heterocycles. The first-order valence-corrected chi connectivity index (χ1v) is 6.87. The average Bonchev–Trinajstić information content (AvgIpc) is 2.54. The van der Waals surface area contributed by atoms with Crippen LogP contribution < -0.4 is 5.32 Å². The molecule has 23 heavy (non-hydrogen) atoms. The van der Waals surface area contributed by atoms with Crippen LogP contribution in [0.5, 0.6) is 0 Å². The number of rotatable bonds is 5. The van der Waals surface area contributed by atoms with E-state index in [9.17, 15) is 24.4 Å². The number of nitrogens with zero attached hydrogens (tertiary/aromatic N) is 1. The number of nitrogens with one attached hydrogen (secondary N) is 1. The number of carbonyl (C=O) groups is 1. The van der Waals surface area contributed by atoms with Crippen molar-refractivity contribution in [3.05, 3.63) is 75.6 Å². The van der Waals surface area contributed by atoms with Crippen LogP contribution in [0.25, 0.3) is 0 Å². The molecule has 0 bridgehead atoms. The van der Waals surface area contributed by atoms with Gasteiger partial charge in [0.05, 0.1) is 17.1 Å². The Balaban J connectivity index is 2.08. The van der Waals surface area contributed by atoms with Crippen molar-refractivity contribution in [3.8, 4) is 0 Å². The van der Waals surface area contributed by atoms with E-state index in [1.807, 2.05) is 0 Å². The molecule has 7 heteroatoms. The Bertz CT molecular complexity index is 718. The Morgan fingerprint density at radius 3 is 2.52 bits per heavy atom. The SMILES string of the molecule is CC(NC(=O)c1cccc([N+](=O)[O-])c1)C(O)c1ccc(F)cc1. The van der Waals surface area contributed by atoms with Gasteiger partial charge in [0, 0.05) is 17.7 Å². The number of halogens is 1. The molecule has 2 rings (SSSR count). The molecule has 0 saturated heterocycles. The molecule has 2 aromatic rings. The molecule has 0 heterocycles. The molecule has 2 atom stereocenters. The van der Waals surface area contributed by atoms with E-state index in [4.69, 9.17) is 0 Å². The summed E-state index contributed by atoms with van der Waals surface area (Å²) in [6.07, 6.45) is -1.03. The predicted molar refractivity (Wildman–Crippen MR) is 81.4 cm³/mol. The summed E-state index contributed by atoms with van der Waals surface area (Å²) in [7, 11) is 0. The van der Waals surface area contributed by atoms with E-state index in [2.05, 4.69) is 5.32 Å². The summed E-state index contributed by atoms with van der Waals surface area (Å²) in [6, 6.07) is 9.92. The van der Waals surface area contributed by atoms with Crippen LogP contribution >= 0.6 is 0 Å². The third-order valence-electron chi connectivity index (χ3n) is 3.36. The van der Waals surface area contributed by atoms with Gasteiger partial charge in [-0.25, -0.2) is 4.39 Å². The normalized spacial score (nSPS) is 13.2. The zero-order valence-corrected chi connectivity index (χ0v) is 12.3. The largest absolute Gasteiger partial charge is 0.386 e. The van der Waals surface area contributed by atoms with Gasteiger partial charge in [0.15, 0.2) is 0 Å². The van der Waals surface area contributed by atoms with E-state index in [1.165, 1.54) is 42.5 Å². The molecule has 0 fully saturated rings. The molecule has 2 N–H and O–H groups in total. The van der Waals surface area contributed by atoms with Gasteiger partial charge in [0.25, 0.3) is 11.6 Å². The molecule has 0 aliphatic carbocycles. The van der Waals surface area contributed by atoms with Crippen molar-refractivity contribution in [3.63, 3.8) is 0 Å². The molecular weight excluding hydrogens is 303 g/mol. The Morgan fingerprint density at radius 2 is 1.91 bits per heavy atom. The fourth-order valence-electron chi connectivity index (χ4n) is 2.08. The van der Waals surface area contributed by atoms with Crippen molar-refractivity contribution in [2.24, 2.45) is 0 Å². The van der Waals surface area contributed by atoms with Crippen molar-refractivity contribution in [1.29, 1.82) is 0 Å². The third-order valence-corrected chi connectivity index (χ3v) is 3.36. The minimum Gasteiger partial charge on any atom is -0.386 e. The van der Waals surface area contributed by atoms with Gasteiger partial charge in [0.1, 0.15) is 5.82 Å². The van der Waals surface area contributed by atoms with Crippen LogP contribution in [0.2, 0.25) is 0 Å². The highest BCUT2D eigenvalue weighted by Gasteiger charge is 2.20. The summed E-state index contributed by atoms with van der Waals surface area (Å²) < 4.78 is 12.9. The third kappa shape index (κ3) is 4.10. The molecule has 2 aromatic carbocycles. The predicted octanol–water partition coefficient (Wildman–Crippen LogP) is 2.59. The highest BCUT2D eigenvalue weighted by Crippen LogP contribution is 2.18. The minimum atomic E-state index is -1.03. The standard InChI is InChI=1S/C16H15FN2O4/c1-10(15(20)11-5-7-13(17)8-6-11)18-16(21)12-3-2-4-14(9-12)19(22)23/h2-10,15,20H,1H3,(H,18,21). The number of amides is 1. The summed E-state index contributed by atoms with van der Waals surface area (Å²) >= 11 is 0. The number of aliphatic hydroxyl groups excluding tert-OH is 1. The Hall–Kier alpha value is -2.80. The fourth-order valence-corrected chi connectivity index (χ4v) is 2.08. The maximum absolute atomic E-state index is 12.9. The van der Waals surface area contributed by atoms with Gasteiger partial charge in [-0.2, -0.15) is 0 Å². The quantitative estimate of drug-likeness (QED) is 0.654. The van der Waals surface area contributed by atoms with E-state index < -0.39 is 28.8 Å². The molecule has 6 nitrogen and oxygen atoms in total. The van der Waals surface area contributed by atoms with Crippen LogP contribution in [0.15, 0.2) is 48.5 Å². The monoisotopic (exact) mass is 318 g/mol. The van der Waals surface area contributed by atoms with E-state index in [0.717, 1.165) is 6.07 Å². The van der Waals surface area contributed by atoms with Crippen molar-refractivity contribution in [1.82, 2.24) is 5.32 Å². The van der Waals surface area contributed by atoms with Crippen LogP contribution in [0.1, 0.15) is 28.9 Å². The number of hydrogen-bond acceptors (Lipinski definition) is 4. The first kappa shape index (κ1) is 16.6. The zero-order chi connectivity index (χ0) is 17.0. The van der Waals surface area contributed by atoms with Crippen molar-refractivity contribution in [2.45, 2.75) is 19.1 Å². The van der Waals surface area contributed by atoms with E-state index in [-0.39, 0.29) is 11.3 Å². The molecule has 0 aliphatic rings. The lowest BCUT2D eigenvalue weighted by Gasteiger charge is -2.20. The summed E-state index contributed by atoms with van der Waals surface area (Å²) in [4.78, 5) is 22.2. The van der Waals surface area contributed by atoms with Gasteiger partial charge in [-0.05, 0) is 30.7 Å². The molecule has 2 unspecified atom stereocenters. The lowest BCUT2D eigenvalue weighted by Crippen LogP contribution is -2.37. The Kier molecular flexibility index (Phi) is 5.02. The van der Waals surface area contributed by atoms with Crippen LogP contribution in [-0.4, -0.2) is 22.0 Å². The number of benzene rings is 2. The van der Waals surface area contributed by atoms with E-state index in [1.54, 1.807) is 6.92 Å². The first-order chi connectivity index (χ1) is 10.9. The van der Waals surface area contributed by atoms with Gasteiger partial charge in [-0.3, -0.25) is 14.9 Å². The second-order valence-electron chi connectivity index (χ2n) is 5.07. The van der Waals surface area contributed by atoms with E-state index >= 15 is 0 Å². The lowest BCUT2D eigenvalue weighted by molar-refractivity contribution is -0.384.